The Morgan fingerprint density at radius 1 is 1.38 bits per heavy atom. The molecule has 0 amide bonds. The van der Waals surface area contributed by atoms with Crippen LogP contribution >= 0.6 is 0 Å². The number of imidazole rings is 1. The number of nitrogens with one attached hydrogen (secondary N) is 1. The van der Waals surface area contributed by atoms with Crippen LogP contribution in [0.3, 0.4) is 0 Å². The molecule has 3 aromatic heterocycles. The second-order valence-electron chi connectivity index (χ2n) is 6.62. The van der Waals surface area contributed by atoms with Gasteiger partial charge in [0.1, 0.15) is 5.65 Å². The summed E-state index contributed by atoms with van der Waals surface area (Å²) in [5.74, 6) is 0. The molecule has 1 aliphatic carbocycles. The van der Waals surface area contributed by atoms with Gasteiger partial charge in [0.2, 0.25) is 0 Å². The third-order valence-corrected chi connectivity index (χ3v) is 4.96. The molecule has 0 fully saturated rings. The first-order chi connectivity index (χ1) is 10.1. The molecule has 0 aromatic carbocycles. The van der Waals surface area contributed by atoms with Crippen molar-refractivity contribution in [3.05, 3.63) is 41.5 Å². The molecule has 21 heavy (non-hydrogen) atoms. The molecule has 0 bridgehead atoms. The van der Waals surface area contributed by atoms with E-state index in [9.17, 15) is 0 Å². The molecule has 4 nitrogen and oxygen atoms in total. The van der Waals surface area contributed by atoms with E-state index >= 15 is 0 Å². The van der Waals surface area contributed by atoms with Gasteiger partial charge in [-0.15, -0.1) is 0 Å². The molecule has 0 saturated carbocycles. The number of fused-ring (bicyclic) bond motifs is 2. The van der Waals surface area contributed by atoms with Gasteiger partial charge in [0.15, 0.2) is 0 Å². The van der Waals surface area contributed by atoms with Crippen molar-refractivity contribution in [2.24, 2.45) is 5.41 Å². The average Bonchev–Trinajstić information content (AvgIpc) is 3.12. The summed E-state index contributed by atoms with van der Waals surface area (Å²) in [5, 5.41) is 7.84. The van der Waals surface area contributed by atoms with Gasteiger partial charge in [-0.1, -0.05) is 20.3 Å². The largest absolute Gasteiger partial charge is 0.306 e. The van der Waals surface area contributed by atoms with Crippen molar-refractivity contribution in [2.75, 3.05) is 0 Å². The van der Waals surface area contributed by atoms with Gasteiger partial charge in [-0.05, 0) is 36.8 Å². The van der Waals surface area contributed by atoms with E-state index in [2.05, 4.69) is 52.6 Å². The number of nitrogens with zero attached hydrogens (tertiary/aromatic N) is 3. The third-order valence-electron chi connectivity index (χ3n) is 4.96. The lowest BCUT2D eigenvalue weighted by atomic mass is 9.84. The van der Waals surface area contributed by atoms with Gasteiger partial charge >= 0.3 is 0 Å². The Balaban J connectivity index is 1.84. The van der Waals surface area contributed by atoms with Crippen LogP contribution in [0.4, 0.5) is 0 Å². The maximum atomic E-state index is 4.58. The Bertz CT molecular complexity index is 827. The zero-order valence-electron chi connectivity index (χ0n) is 12.8. The first kappa shape index (κ1) is 12.6. The highest BCUT2D eigenvalue weighted by Crippen LogP contribution is 2.42. The topological polar surface area (TPSA) is 46.0 Å². The maximum Gasteiger partial charge on any atom is 0.139 e. The van der Waals surface area contributed by atoms with Crippen molar-refractivity contribution >= 4 is 5.65 Å². The van der Waals surface area contributed by atoms with Crippen LogP contribution in [0.2, 0.25) is 0 Å². The zero-order valence-corrected chi connectivity index (χ0v) is 12.8. The Morgan fingerprint density at radius 3 is 3.05 bits per heavy atom. The minimum Gasteiger partial charge on any atom is -0.306 e. The number of rotatable bonds is 2. The number of aromatic amines is 1. The van der Waals surface area contributed by atoms with Crippen LogP contribution in [0.15, 0.2) is 24.7 Å². The average molecular weight is 280 g/mol. The fraction of sp³-hybridized carbons (Fsp3) is 0.412. The number of aryl methyl sites for hydroxylation is 1. The van der Waals surface area contributed by atoms with Crippen molar-refractivity contribution in [3.8, 4) is 11.3 Å². The number of aromatic nitrogens is 4. The molecule has 0 aliphatic heterocycles. The minimum absolute atomic E-state index is 0.382. The Morgan fingerprint density at radius 2 is 2.24 bits per heavy atom. The lowest BCUT2D eigenvalue weighted by molar-refractivity contribution is 0.329. The van der Waals surface area contributed by atoms with E-state index in [-0.39, 0.29) is 0 Å². The Kier molecular flexibility index (Phi) is 2.52. The van der Waals surface area contributed by atoms with Gasteiger partial charge < -0.3 is 4.40 Å². The van der Waals surface area contributed by atoms with Crippen molar-refractivity contribution < 1.29 is 0 Å². The molecule has 1 unspecified atom stereocenters. The Hall–Kier alpha value is -2.10. The molecule has 3 aromatic rings. The standard InChI is InChI=1S/C17H20N4/c1-4-17(3)8-13-14(9-17)19-20-15(13)12-7-11(2)16-18-5-6-21(16)10-12/h5-7,10H,4,8-9H2,1-3H3,(H,19,20). The number of hydrogen-bond acceptors (Lipinski definition) is 2. The van der Waals surface area contributed by atoms with Crippen LogP contribution in [0.25, 0.3) is 16.9 Å². The lowest BCUT2D eigenvalue weighted by Crippen LogP contribution is -2.15. The normalized spacial score (nSPS) is 21.1. The van der Waals surface area contributed by atoms with Crippen LogP contribution in [-0.2, 0) is 12.8 Å². The van der Waals surface area contributed by atoms with Gasteiger partial charge in [-0.25, -0.2) is 4.98 Å². The number of hydrogen-bond donors (Lipinski definition) is 1. The summed E-state index contributed by atoms with van der Waals surface area (Å²) in [4.78, 5) is 4.38. The van der Waals surface area contributed by atoms with Crippen molar-refractivity contribution in [2.45, 2.75) is 40.0 Å². The smallest absolute Gasteiger partial charge is 0.139 e. The highest BCUT2D eigenvalue weighted by molar-refractivity contribution is 5.68. The monoisotopic (exact) mass is 280 g/mol. The lowest BCUT2D eigenvalue weighted by Gasteiger charge is -2.20. The Labute approximate surface area is 124 Å². The molecule has 4 heteroatoms. The molecule has 0 spiro atoms. The van der Waals surface area contributed by atoms with Gasteiger partial charge in [0.05, 0.1) is 5.69 Å². The molecular formula is C17H20N4. The first-order valence-electron chi connectivity index (χ1n) is 7.59. The van der Waals surface area contributed by atoms with Crippen LogP contribution in [-0.4, -0.2) is 19.6 Å². The van der Waals surface area contributed by atoms with Crippen LogP contribution in [0, 0.1) is 12.3 Å². The van der Waals surface area contributed by atoms with Crippen LogP contribution in [0.1, 0.15) is 37.1 Å². The van der Waals surface area contributed by atoms with Gasteiger partial charge in [0.25, 0.3) is 0 Å². The maximum absolute atomic E-state index is 4.58. The second-order valence-corrected chi connectivity index (χ2v) is 6.62. The third kappa shape index (κ3) is 1.82. The summed E-state index contributed by atoms with van der Waals surface area (Å²) in [6.07, 6.45) is 9.40. The SMILES string of the molecule is CCC1(C)Cc2[nH]nc(-c3cc(C)c4nccn4c3)c2C1. The predicted octanol–water partition coefficient (Wildman–Crippen LogP) is 3.55. The second kappa shape index (κ2) is 4.20. The highest BCUT2D eigenvalue weighted by Gasteiger charge is 2.35. The first-order valence-corrected chi connectivity index (χ1v) is 7.59. The van der Waals surface area contributed by atoms with Gasteiger partial charge in [-0.3, -0.25) is 5.10 Å². The predicted molar refractivity (Wildman–Crippen MR) is 83.3 cm³/mol. The molecule has 1 atom stereocenters. The van der Waals surface area contributed by atoms with Crippen molar-refractivity contribution in [3.63, 3.8) is 0 Å². The fourth-order valence-corrected chi connectivity index (χ4v) is 3.48. The summed E-state index contributed by atoms with van der Waals surface area (Å²) in [6.45, 7) is 6.75. The molecule has 108 valence electrons. The summed E-state index contributed by atoms with van der Waals surface area (Å²) >= 11 is 0. The van der Waals surface area contributed by atoms with E-state index in [1.54, 1.807) is 0 Å². The zero-order chi connectivity index (χ0) is 14.6. The number of pyridine rings is 1. The molecule has 1 aliphatic rings. The van der Waals surface area contributed by atoms with Gasteiger partial charge in [0, 0.05) is 35.4 Å². The van der Waals surface area contributed by atoms with Crippen LogP contribution in [0.5, 0.6) is 0 Å². The van der Waals surface area contributed by atoms with Gasteiger partial charge in [-0.2, -0.15) is 5.10 Å². The fourth-order valence-electron chi connectivity index (χ4n) is 3.48. The molecule has 0 saturated heterocycles. The molecule has 4 rings (SSSR count). The van der Waals surface area contributed by atoms with Crippen LogP contribution < -0.4 is 0 Å². The summed E-state index contributed by atoms with van der Waals surface area (Å²) in [6, 6.07) is 2.19. The van der Waals surface area contributed by atoms with E-state index in [1.807, 2.05) is 12.4 Å². The molecule has 0 radical (unpaired) electrons. The minimum atomic E-state index is 0.382. The van der Waals surface area contributed by atoms with E-state index < -0.39 is 0 Å². The molecule has 3 heterocycles. The van der Waals surface area contributed by atoms with E-state index in [4.69, 9.17) is 0 Å². The molecular weight excluding hydrogens is 260 g/mol. The number of H-pyrrole nitrogens is 1. The summed E-state index contributed by atoms with van der Waals surface area (Å²) in [5.41, 5.74) is 7.59. The summed E-state index contributed by atoms with van der Waals surface area (Å²) < 4.78 is 2.08. The van der Waals surface area contributed by atoms with Crippen molar-refractivity contribution in [1.29, 1.82) is 0 Å². The van der Waals surface area contributed by atoms with Crippen molar-refractivity contribution in [1.82, 2.24) is 19.6 Å². The van der Waals surface area contributed by atoms with E-state index in [0.29, 0.717) is 5.41 Å². The quantitative estimate of drug-likeness (QED) is 0.780. The summed E-state index contributed by atoms with van der Waals surface area (Å²) in [7, 11) is 0. The highest BCUT2D eigenvalue weighted by atomic mass is 15.1. The molecule has 1 N–H and O–H groups in total. The van der Waals surface area contributed by atoms with E-state index in [1.165, 1.54) is 28.8 Å². The van der Waals surface area contributed by atoms with E-state index in [0.717, 1.165) is 24.2 Å².